The third-order valence-electron chi connectivity index (χ3n) is 2.57. The quantitative estimate of drug-likeness (QED) is 0.170. The van der Waals surface area contributed by atoms with Crippen LogP contribution in [-0.4, -0.2) is 61.1 Å². The zero-order valence-electron chi connectivity index (χ0n) is 13.2. The summed E-state index contributed by atoms with van der Waals surface area (Å²) in [6.45, 7) is 1.59. The number of ether oxygens (including phenoxy) is 2. The molecule has 11 heteroatoms. The minimum Gasteiger partial charge on any atom is -0.480 e. The zero-order chi connectivity index (χ0) is 17.8. The molecule has 0 radical (unpaired) electrons. The number of hydrogen-bond donors (Lipinski definition) is 2. The third kappa shape index (κ3) is 9.14. The fourth-order valence-electron chi connectivity index (χ4n) is 1.33. The molecule has 0 bridgehead atoms. The predicted molar refractivity (Wildman–Crippen MR) is 76.3 cm³/mol. The summed E-state index contributed by atoms with van der Waals surface area (Å²) in [4.78, 5) is 41.8. The second-order valence-corrected chi connectivity index (χ2v) is 4.27. The van der Waals surface area contributed by atoms with Crippen molar-refractivity contribution in [3.05, 3.63) is 0 Å². The number of oxime groups is 1. The summed E-state index contributed by atoms with van der Waals surface area (Å²) in [5.41, 5.74) is 5.38. The molecule has 23 heavy (non-hydrogen) atoms. The number of methoxy groups -OCH3 is 2. The summed E-state index contributed by atoms with van der Waals surface area (Å²) < 4.78 is 8.61. The molecule has 0 rings (SSSR count). The molecule has 0 aliphatic carbocycles. The second-order valence-electron chi connectivity index (χ2n) is 4.27. The van der Waals surface area contributed by atoms with E-state index in [2.05, 4.69) is 19.5 Å². The van der Waals surface area contributed by atoms with Crippen molar-refractivity contribution in [2.24, 2.45) is 10.9 Å². The summed E-state index contributed by atoms with van der Waals surface area (Å²) in [6, 6.07) is -0.956. The van der Waals surface area contributed by atoms with Gasteiger partial charge in [-0.25, -0.2) is 9.59 Å². The van der Waals surface area contributed by atoms with Gasteiger partial charge in [-0.2, -0.15) is 5.06 Å². The Hall–Kier alpha value is -2.56. The fraction of sp³-hybridized carbons (Fsp3) is 0.667. The van der Waals surface area contributed by atoms with E-state index in [0.717, 1.165) is 19.3 Å². The lowest BCUT2D eigenvalue weighted by molar-refractivity contribution is -0.138. The molecule has 3 N–H and O–H groups in total. The SMILES string of the molecule is COC(=O)O/N=C(\C)N(CCCC[C@H](N)C(=O)O)OC(=O)OC. The number of carbonyl (C=O) groups excluding carboxylic acids is 2. The van der Waals surface area contributed by atoms with Crippen LogP contribution >= 0.6 is 0 Å². The summed E-state index contributed by atoms with van der Waals surface area (Å²) in [7, 11) is 2.24. The smallest absolute Gasteiger partial charge is 0.480 e. The number of aliphatic carboxylic acids is 1. The van der Waals surface area contributed by atoms with Crippen molar-refractivity contribution in [2.45, 2.75) is 32.2 Å². The van der Waals surface area contributed by atoms with Gasteiger partial charge < -0.3 is 25.2 Å². The monoisotopic (exact) mass is 335 g/mol. The van der Waals surface area contributed by atoms with Gasteiger partial charge in [0.05, 0.1) is 20.8 Å². The van der Waals surface area contributed by atoms with Crippen LogP contribution in [0.2, 0.25) is 0 Å². The third-order valence-corrected chi connectivity index (χ3v) is 2.57. The number of carboxylic acids is 1. The highest BCUT2D eigenvalue weighted by Crippen LogP contribution is 2.05. The molecule has 0 heterocycles. The lowest BCUT2D eigenvalue weighted by Gasteiger charge is -2.21. The van der Waals surface area contributed by atoms with Crippen molar-refractivity contribution in [1.29, 1.82) is 0 Å². The molecule has 0 aromatic rings. The predicted octanol–water partition coefficient (Wildman–Crippen LogP) is 0.685. The maximum atomic E-state index is 11.2. The molecule has 0 unspecified atom stereocenters. The van der Waals surface area contributed by atoms with Gasteiger partial charge in [-0.05, 0) is 19.3 Å². The van der Waals surface area contributed by atoms with Gasteiger partial charge in [-0.3, -0.25) is 9.63 Å². The summed E-state index contributed by atoms with van der Waals surface area (Å²) in [5, 5.41) is 13.2. The van der Waals surface area contributed by atoms with E-state index in [0.29, 0.717) is 12.8 Å². The number of unbranched alkanes of at least 4 members (excludes halogenated alkanes) is 1. The van der Waals surface area contributed by atoms with Crippen molar-refractivity contribution < 1.29 is 38.6 Å². The first-order valence-corrected chi connectivity index (χ1v) is 6.63. The summed E-state index contributed by atoms with van der Waals surface area (Å²) >= 11 is 0. The maximum absolute atomic E-state index is 11.2. The Bertz CT molecular complexity index is 440. The number of rotatable bonds is 7. The fourth-order valence-corrected chi connectivity index (χ4v) is 1.33. The summed E-state index contributed by atoms with van der Waals surface area (Å²) in [6.07, 6.45) is -0.839. The first-order valence-electron chi connectivity index (χ1n) is 6.63. The van der Waals surface area contributed by atoms with Crippen molar-refractivity contribution in [3.8, 4) is 0 Å². The number of carboxylic acid groups (broad SMARTS) is 1. The molecule has 132 valence electrons. The van der Waals surface area contributed by atoms with Gasteiger partial charge in [-0.1, -0.05) is 5.16 Å². The van der Waals surface area contributed by atoms with Gasteiger partial charge in [0.1, 0.15) is 6.04 Å². The molecule has 0 spiro atoms. The Morgan fingerprint density at radius 1 is 1.17 bits per heavy atom. The number of hydroxylamine groups is 2. The van der Waals surface area contributed by atoms with Crippen LogP contribution in [0, 0.1) is 0 Å². The van der Waals surface area contributed by atoms with E-state index in [1.165, 1.54) is 6.92 Å². The molecule has 1 atom stereocenters. The van der Waals surface area contributed by atoms with Gasteiger partial charge in [0, 0.05) is 6.92 Å². The van der Waals surface area contributed by atoms with E-state index < -0.39 is 24.3 Å². The average Bonchev–Trinajstić information content (AvgIpc) is 2.54. The van der Waals surface area contributed by atoms with Crippen molar-refractivity contribution in [2.75, 3.05) is 20.8 Å². The standard InChI is InChI=1S/C12H21N3O8/c1-8(14-22-11(18)20-2)15(23-12(19)21-3)7-5-4-6-9(13)10(16)17/h9H,4-7,13H2,1-3H3,(H,16,17)/b14-8+/t9-/m0/s1. The van der Waals surface area contributed by atoms with Crippen molar-refractivity contribution in [3.63, 3.8) is 0 Å². The van der Waals surface area contributed by atoms with Crippen LogP contribution in [0.4, 0.5) is 9.59 Å². The highest BCUT2D eigenvalue weighted by Gasteiger charge is 2.16. The average molecular weight is 335 g/mol. The number of amidine groups is 1. The summed E-state index contributed by atoms with van der Waals surface area (Å²) in [5.74, 6) is -1.03. The lowest BCUT2D eigenvalue weighted by Crippen LogP contribution is -2.34. The molecular formula is C12H21N3O8. The van der Waals surface area contributed by atoms with Crippen LogP contribution in [0.5, 0.6) is 0 Å². The molecule has 0 aromatic carbocycles. The second kappa shape index (κ2) is 11.1. The Morgan fingerprint density at radius 2 is 1.78 bits per heavy atom. The maximum Gasteiger partial charge on any atom is 0.534 e. The van der Waals surface area contributed by atoms with Crippen LogP contribution < -0.4 is 5.73 Å². The Balaban J connectivity index is 4.53. The molecule has 0 aliphatic rings. The first kappa shape index (κ1) is 20.4. The Morgan fingerprint density at radius 3 is 2.30 bits per heavy atom. The van der Waals surface area contributed by atoms with Crippen molar-refractivity contribution >= 4 is 24.1 Å². The van der Waals surface area contributed by atoms with Crippen LogP contribution in [0.3, 0.4) is 0 Å². The lowest BCUT2D eigenvalue weighted by atomic mass is 10.1. The zero-order valence-corrected chi connectivity index (χ0v) is 13.2. The number of nitrogens with zero attached hydrogens (tertiary/aromatic N) is 2. The topological polar surface area (TPSA) is 150 Å². The molecule has 0 aliphatic heterocycles. The van der Waals surface area contributed by atoms with Crippen LogP contribution in [0.1, 0.15) is 26.2 Å². The van der Waals surface area contributed by atoms with E-state index in [1.807, 2.05) is 0 Å². The Labute approximate surface area is 132 Å². The first-order chi connectivity index (χ1) is 10.8. The van der Waals surface area contributed by atoms with Crippen LogP contribution in [-0.2, 0) is 23.9 Å². The minimum absolute atomic E-state index is 0.0586. The molecule has 11 nitrogen and oxygen atoms in total. The van der Waals surface area contributed by atoms with Gasteiger partial charge in [0.15, 0.2) is 5.84 Å². The van der Waals surface area contributed by atoms with Gasteiger partial charge >= 0.3 is 18.3 Å². The largest absolute Gasteiger partial charge is 0.534 e. The molecule has 0 amide bonds. The number of carbonyl (C=O) groups is 3. The van der Waals surface area contributed by atoms with Crippen LogP contribution in [0.15, 0.2) is 5.16 Å². The molecule has 0 saturated heterocycles. The molecule has 0 aromatic heterocycles. The van der Waals surface area contributed by atoms with Gasteiger partial charge in [0.25, 0.3) is 0 Å². The number of nitrogens with two attached hydrogens (primary N) is 1. The Kier molecular flexibility index (Phi) is 9.83. The van der Waals surface area contributed by atoms with E-state index >= 15 is 0 Å². The van der Waals surface area contributed by atoms with E-state index in [9.17, 15) is 14.4 Å². The van der Waals surface area contributed by atoms with Crippen LogP contribution in [0.25, 0.3) is 0 Å². The van der Waals surface area contributed by atoms with E-state index in [4.69, 9.17) is 15.7 Å². The van der Waals surface area contributed by atoms with E-state index in [1.54, 1.807) is 0 Å². The van der Waals surface area contributed by atoms with E-state index in [-0.39, 0.29) is 18.8 Å². The number of hydrogen-bond acceptors (Lipinski definition) is 9. The normalized spacial score (nSPS) is 12.1. The highest BCUT2D eigenvalue weighted by molar-refractivity contribution is 5.80. The highest BCUT2D eigenvalue weighted by atomic mass is 16.8. The molecule has 0 saturated carbocycles. The molecule has 0 fully saturated rings. The van der Waals surface area contributed by atoms with Crippen molar-refractivity contribution in [1.82, 2.24) is 5.06 Å². The van der Waals surface area contributed by atoms with Gasteiger partial charge in [-0.15, -0.1) is 0 Å². The van der Waals surface area contributed by atoms with Gasteiger partial charge in [0.2, 0.25) is 0 Å². The minimum atomic E-state index is -1.09. The molecular weight excluding hydrogens is 314 g/mol.